The van der Waals surface area contributed by atoms with Gasteiger partial charge < -0.3 is 15.2 Å². The van der Waals surface area contributed by atoms with E-state index in [4.69, 9.17) is 9.84 Å². The molecule has 1 rings (SSSR count). The lowest BCUT2D eigenvalue weighted by Gasteiger charge is -2.17. The highest BCUT2D eigenvalue weighted by Gasteiger charge is 2.21. The number of hydrogen-bond acceptors (Lipinski definition) is 3. The SMILES string of the molecule is Cc1ccc(OCC(=O)NC(CC(C)C)C(=O)O)c(C)c1. The summed E-state index contributed by atoms with van der Waals surface area (Å²) in [6, 6.07) is 4.80. The largest absolute Gasteiger partial charge is 0.484 e. The topological polar surface area (TPSA) is 75.6 Å². The Kier molecular flexibility index (Phi) is 6.21. The first-order valence-electron chi connectivity index (χ1n) is 7.01. The number of hydrogen-bond donors (Lipinski definition) is 2. The predicted octanol–water partition coefficient (Wildman–Crippen LogP) is 2.30. The Balaban J connectivity index is 2.54. The van der Waals surface area contributed by atoms with Gasteiger partial charge in [-0.25, -0.2) is 4.79 Å². The minimum atomic E-state index is -1.02. The molecule has 0 aliphatic rings. The number of benzene rings is 1. The predicted molar refractivity (Wildman–Crippen MR) is 80.4 cm³/mol. The number of carboxylic acid groups (broad SMARTS) is 1. The molecule has 0 aliphatic carbocycles. The minimum Gasteiger partial charge on any atom is -0.484 e. The molecule has 1 unspecified atom stereocenters. The maximum absolute atomic E-state index is 11.8. The highest BCUT2D eigenvalue weighted by Crippen LogP contribution is 2.18. The number of carboxylic acids is 1. The number of rotatable bonds is 7. The number of aliphatic carboxylic acids is 1. The van der Waals surface area contributed by atoms with E-state index in [1.54, 1.807) is 6.07 Å². The van der Waals surface area contributed by atoms with Crippen LogP contribution in [0.3, 0.4) is 0 Å². The zero-order valence-corrected chi connectivity index (χ0v) is 13.0. The Bertz CT molecular complexity index is 511. The van der Waals surface area contributed by atoms with Crippen LogP contribution < -0.4 is 10.1 Å². The van der Waals surface area contributed by atoms with Crippen LogP contribution in [-0.2, 0) is 9.59 Å². The van der Waals surface area contributed by atoms with Gasteiger partial charge in [-0.1, -0.05) is 31.5 Å². The van der Waals surface area contributed by atoms with Crippen molar-refractivity contribution in [2.75, 3.05) is 6.61 Å². The molecule has 0 radical (unpaired) electrons. The highest BCUT2D eigenvalue weighted by molar-refractivity contribution is 5.84. The molecule has 0 saturated heterocycles. The van der Waals surface area contributed by atoms with Crippen LogP contribution in [0.2, 0.25) is 0 Å². The quantitative estimate of drug-likeness (QED) is 0.809. The molecular formula is C16H23NO4. The molecule has 21 heavy (non-hydrogen) atoms. The summed E-state index contributed by atoms with van der Waals surface area (Å²) in [5.74, 6) is -0.635. The van der Waals surface area contributed by atoms with Gasteiger partial charge in [0, 0.05) is 0 Å². The monoisotopic (exact) mass is 293 g/mol. The van der Waals surface area contributed by atoms with Gasteiger partial charge in [-0.2, -0.15) is 0 Å². The lowest BCUT2D eigenvalue weighted by Crippen LogP contribution is -2.43. The summed E-state index contributed by atoms with van der Waals surface area (Å²) in [6.45, 7) is 7.51. The average Bonchev–Trinajstić information content (AvgIpc) is 2.36. The van der Waals surface area contributed by atoms with E-state index in [2.05, 4.69) is 5.32 Å². The molecule has 0 spiro atoms. The summed E-state index contributed by atoms with van der Waals surface area (Å²) >= 11 is 0. The number of nitrogens with one attached hydrogen (secondary N) is 1. The fraction of sp³-hybridized carbons (Fsp3) is 0.500. The third kappa shape index (κ3) is 5.85. The Morgan fingerprint density at radius 1 is 1.29 bits per heavy atom. The first-order valence-corrected chi connectivity index (χ1v) is 7.01. The van der Waals surface area contributed by atoms with Crippen molar-refractivity contribution in [1.82, 2.24) is 5.32 Å². The molecule has 116 valence electrons. The average molecular weight is 293 g/mol. The van der Waals surface area contributed by atoms with Gasteiger partial charge in [0.15, 0.2) is 6.61 Å². The van der Waals surface area contributed by atoms with E-state index >= 15 is 0 Å². The standard InChI is InChI=1S/C16H23NO4/c1-10(2)7-13(16(19)20)17-15(18)9-21-14-6-5-11(3)8-12(14)4/h5-6,8,10,13H,7,9H2,1-4H3,(H,17,18)(H,19,20). The minimum absolute atomic E-state index is 0.187. The molecule has 5 nitrogen and oxygen atoms in total. The molecule has 0 heterocycles. The van der Waals surface area contributed by atoms with Crippen LogP contribution in [0, 0.1) is 19.8 Å². The zero-order valence-electron chi connectivity index (χ0n) is 13.0. The van der Waals surface area contributed by atoms with Gasteiger partial charge in [0.25, 0.3) is 5.91 Å². The second kappa shape index (κ2) is 7.67. The molecule has 1 aromatic rings. The van der Waals surface area contributed by atoms with E-state index < -0.39 is 17.9 Å². The molecule has 1 aromatic carbocycles. The second-order valence-electron chi connectivity index (χ2n) is 5.65. The highest BCUT2D eigenvalue weighted by atomic mass is 16.5. The summed E-state index contributed by atoms with van der Waals surface area (Å²) < 4.78 is 5.43. The fourth-order valence-electron chi connectivity index (χ4n) is 2.03. The van der Waals surface area contributed by atoms with E-state index in [0.29, 0.717) is 12.2 Å². The third-order valence-corrected chi connectivity index (χ3v) is 3.03. The molecule has 5 heteroatoms. The van der Waals surface area contributed by atoms with Gasteiger partial charge in [-0.3, -0.25) is 4.79 Å². The van der Waals surface area contributed by atoms with Gasteiger partial charge in [0.2, 0.25) is 0 Å². The van der Waals surface area contributed by atoms with Crippen LogP contribution >= 0.6 is 0 Å². The van der Waals surface area contributed by atoms with Gasteiger partial charge in [0.1, 0.15) is 11.8 Å². The zero-order chi connectivity index (χ0) is 16.0. The summed E-state index contributed by atoms with van der Waals surface area (Å²) in [4.78, 5) is 22.9. The van der Waals surface area contributed by atoms with Gasteiger partial charge >= 0.3 is 5.97 Å². The molecule has 1 amide bonds. The summed E-state index contributed by atoms with van der Waals surface area (Å²) in [5.41, 5.74) is 2.06. The van der Waals surface area contributed by atoms with Crippen molar-refractivity contribution < 1.29 is 19.4 Å². The molecule has 0 saturated carbocycles. The van der Waals surface area contributed by atoms with Crippen molar-refractivity contribution in [3.63, 3.8) is 0 Å². The second-order valence-corrected chi connectivity index (χ2v) is 5.65. The van der Waals surface area contributed by atoms with Crippen molar-refractivity contribution >= 4 is 11.9 Å². The molecular weight excluding hydrogens is 270 g/mol. The maximum Gasteiger partial charge on any atom is 0.326 e. The fourth-order valence-corrected chi connectivity index (χ4v) is 2.03. The van der Waals surface area contributed by atoms with E-state index in [1.165, 1.54) is 0 Å². The van der Waals surface area contributed by atoms with Crippen LogP contribution in [0.5, 0.6) is 5.75 Å². The van der Waals surface area contributed by atoms with Gasteiger partial charge in [-0.05, 0) is 37.8 Å². The lowest BCUT2D eigenvalue weighted by atomic mass is 10.0. The van der Waals surface area contributed by atoms with Crippen LogP contribution in [-0.4, -0.2) is 29.6 Å². The lowest BCUT2D eigenvalue weighted by molar-refractivity contribution is -0.142. The molecule has 0 bridgehead atoms. The first-order chi connectivity index (χ1) is 9.79. The normalized spacial score (nSPS) is 12.0. The number of carbonyl (C=O) groups is 2. The Hall–Kier alpha value is -2.04. The van der Waals surface area contributed by atoms with Crippen LogP contribution in [0.1, 0.15) is 31.4 Å². The third-order valence-electron chi connectivity index (χ3n) is 3.03. The summed E-state index contributed by atoms with van der Waals surface area (Å²) in [5, 5.41) is 11.6. The number of carbonyl (C=O) groups excluding carboxylic acids is 1. The van der Waals surface area contributed by atoms with Gasteiger partial charge in [-0.15, -0.1) is 0 Å². The Morgan fingerprint density at radius 3 is 2.48 bits per heavy atom. The first kappa shape index (κ1) is 17.0. The maximum atomic E-state index is 11.8. The smallest absolute Gasteiger partial charge is 0.326 e. The van der Waals surface area contributed by atoms with Crippen molar-refractivity contribution in [3.05, 3.63) is 29.3 Å². The van der Waals surface area contributed by atoms with Crippen LogP contribution in [0.15, 0.2) is 18.2 Å². The molecule has 1 atom stereocenters. The molecule has 0 aliphatic heterocycles. The van der Waals surface area contributed by atoms with Crippen LogP contribution in [0.4, 0.5) is 0 Å². The van der Waals surface area contributed by atoms with Crippen molar-refractivity contribution in [1.29, 1.82) is 0 Å². The Morgan fingerprint density at radius 2 is 1.95 bits per heavy atom. The Labute approximate surface area is 125 Å². The number of amides is 1. The van der Waals surface area contributed by atoms with E-state index in [0.717, 1.165) is 11.1 Å². The molecule has 0 aromatic heterocycles. The van der Waals surface area contributed by atoms with Crippen molar-refractivity contribution in [2.24, 2.45) is 5.92 Å². The van der Waals surface area contributed by atoms with E-state index in [1.807, 2.05) is 39.8 Å². The van der Waals surface area contributed by atoms with Crippen molar-refractivity contribution in [3.8, 4) is 5.75 Å². The molecule has 2 N–H and O–H groups in total. The van der Waals surface area contributed by atoms with Crippen LogP contribution in [0.25, 0.3) is 0 Å². The van der Waals surface area contributed by atoms with Crippen molar-refractivity contribution in [2.45, 2.75) is 40.2 Å². The van der Waals surface area contributed by atoms with E-state index in [9.17, 15) is 9.59 Å². The van der Waals surface area contributed by atoms with Gasteiger partial charge in [0.05, 0.1) is 0 Å². The summed E-state index contributed by atoms with van der Waals surface area (Å²) in [7, 11) is 0. The molecule has 0 fully saturated rings. The summed E-state index contributed by atoms with van der Waals surface area (Å²) in [6.07, 6.45) is 0.393. The number of ether oxygens (including phenoxy) is 1. The number of aryl methyl sites for hydroxylation is 2. The van der Waals surface area contributed by atoms with E-state index in [-0.39, 0.29) is 12.5 Å².